The van der Waals surface area contributed by atoms with Gasteiger partial charge in [0.05, 0.1) is 10.7 Å². The minimum absolute atomic E-state index is 0.00219. The molecule has 3 heterocycles. The topological polar surface area (TPSA) is 36.4 Å². The molecule has 164 valence electrons. The number of nitrogens with zero attached hydrogens (tertiary/aromatic N) is 3. The van der Waals surface area contributed by atoms with Crippen molar-refractivity contribution in [1.82, 2.24) is 14.8 Å². The van der Waals surface area contributed by atoms with Crippen LogP contribution in [0.1, 0.15) is 20.9 Å². The summed E-state index contributed by atoms with van der Waals surface area (Å²) in [5.74, 6) is 0.00219. The maximum atomic E-state index is 13.1. The molecule has 1 aliphatic heterocycles. The fraction of sp³-hybridized carbons (Fsp3) is 0.250. The van der Waals surface area contributed by atoms with Crippen LogP contribution in [0.5, 0.6) is 0 Å². The number of amides is 1. The first-order valence-electron chi connectivity index (χ1n) is 10.4. The molecule has 1 aliphatic rings. The summed E-state index contributed by atoms with van der Waals surface area (Å²) in [6.07, 6.45) is 0. The Bertz CT molecular complexity index is 1290. The minimum atomic E-state index is 0.00219. The molecule has 0 saturated carbocycles. The number of aromatic nitrogens is 1. The first-order valence-corrected chi connectivity index (χ1v) is 12.8. The highest BCUT2D eigenvalue weighted by Gasteiger charge is 2.26. The van der Waals surface area contributed by atoms with Crippen molar-refractivity contribution < 1.29 is 4.79 Å². The van der Waals surface area contributed by atoms with Crippen LogP contribution in [-0.2, 0) is 6.54 Å². The first-order chi connectivity index (χ1) is 15.5. The maximum Gasteiger partial charge on any atom is 0.265 e. The van der Waals surface area contributed by atoms with Gasteiger partial charge in [-0.15, -0.1) is 22.7 Å². The maximum absolute atomic E-state index is 13.1. The summed E-state index contributed by atoms with van der Waals surface area (Å²) in [6.45, 7) is 5.89. The van der Waals surface area contributed by atoms with E-state index in [9.17, 15) is 4.79 Å². The average molecular weight is 502 g/mol. The second kappa shape index (κ2) is 9.12. The lowest BCUT2D eigenvalue weighted by Crippen LogP contribution is -2.48. The van der Waals surface area contributed by atoms with E-state index in [2.05, 4.69) is 41.5 Å². The molecule has 4 aromatic rings. The highest BCUT2D eigenvalue weighted by Crippen LogP contribution is 2.37. The lowest BCUT2D eigenvalue weighted by Gasteiger charge is -2.34. The number of rotatable bonds is 4. The van der Waals surface area contributed by atoms with Crippen LogP contribution in [0.2, 0.25) is 10.0 Å². The first kappa shape index (κ1) is 21.9. The van der Waals surface area contributed by atoms with E-state index in [4.69, 9.17) is 28.2 Å². The molecule has 2 aromatic heterocycles. The zero-order chi connectivity index (χ0) is 22.2. The number of benzene rings is 2. The van der Waals surface area contributed by atoms with Gasteiger partial charge in [-0.1, -0.05) is 53.0 Å². The molecule has 5 rings (SSSR count). The molecular formula is C24H21Cl2N3OS2. The molecule has 1 amide bonds. The fourth-order valence-electron chi connectivity index (χ4n) is 3.95. The van der Waals surface area contributed by atoms with E-state index < -0.39 is 0 Å². The predicted octanol–water partition coefficient (Wildman–Crippen LogP) is 6.60. The van der Waals surface area contributed by atoms with E-state index in [1.165, 1.54) is 16.9 Å². The molecule has 4 nitrogen and oxygen atoms in total. The Balaban J connectivity index is 1.22. The second-order valence-electron chi connectivity index (χ2n) is 7.97. The minimum Gasteiger partial charge on any atom is -0.335 e. The Morgan fingerprint density at radius 2 is 1.91 bits per heavy atom. The number of hydrogen-bond donors (Lipinski definition) is 0. The third kappa shape index (κ3) is 4.43. The molecule has 8 heteroatoms. The Hall–Kier alpha value is -1.96. The van der Waals surface area contributed by atoms with Crippen LogP contribution >= 0.6 is 45.9 Å². The third-order valence-corrected chi connectivity index (χ3v) is 8.47. The summed E-state index contributed by atoms with van der Waals surface area (Å²) in [5.41, 5.74) is 3.48. The normalized spacial score (nSPS) is 14.9. The number of carbonyl (C=O) groups excluding carboxylic acids is 1. The zero-order valence-electron chi connectivity index (χ0n) is 17.5. The van der Waals surface area contributed by atoms with Crippen molar-refractivity contribution in [1.29, 1.82) is 0 Å². The van der Waals surface area contributed by atoms with Crippen molar-refractivity contribution >= 4 is 61.9 Å². The molecule has 32 heavy (non-hydrogen) atoms. The van der Waals surface area contributed by atoms with Gasteiger partial charge in [-0.25, -0.2) is 4.98 Å². The largest absolute Gasteiger partial charge is 0.335 e. The van der Waals surface area contributed by atoms with Gasteiger partial charge in [0, 0.05) is 58.8 Å². The predicted molar refractivity (Wildman–Crippen MR) is 135 cm³/mol. The van der Waals surface area contributed by atoms with Gasteiger partial charge in [-0.2, -0.15) is 0 Å². The van der Waals surface area contributed by atoms with Gasteiger partial charge in [0.15, 0.2) is 0 Å². The van der Waals surface area contributed by atoms with Gasteiger partial charge >= 0.3 is 0 Å². The van der Waals surface area contributed by atoms with Crippen LogP contribution in [0, 0.1) is 6.92 Å². The molecule has 2 aromatic carbocycles. The lowest BCUT2D eigenvalue weighted by molar-refractivity contribution is 0.0632. The molecule has 0 unspecified atom stereocenters. The summed E-state index contributed by atoms with van der Waals surface area (Å²) >= 11 is 15.7. The van der Waals surface area contributed by atoms with Crippen LogP contribution in [-0.4, -0.2) is 46.9 Å². The van der Waals surface area contributed by atoms with E-state index in [1.54, 1.807) is 17.4 Å². The highest BCUT2D eigenvalue weighted by molar-refractivity contribution is 7.21. The smallest absolute Gasteiger partial charge is 0.265 e. The molecule has 0 atom stereocenters. The number of thiophene rings is 1. The van der Waals surface area contributed by atoms with E-state index in [0.717, 1.165) is 46.0 Å². The van der Waals surface area contributed by atoms with Crippen molar-refractivity contribution in [3.63, 3.8) is 0 Å². The number of halogens is 2. The number of thiazole rings is 1. The summed E-state index contributed by atoms with van der Waals surface area (Å²) in [5, 5.41) is 5.25. The van der Waals surface area contributed by atoms with E-state index in [-0.39, 0.29) is 5.91 Å². The van der Waals surface area contributed by atoms with Crippen molar-refractivity contribution in [2.45, 2.75) is 13.5 Å². The van der Waals surface area contributed by atoms with Gasteiger partial charge in [0.1, 0.15) is 9.88 Å². The fourth-order valence-corrected chi connectivity index (χ4v) is 6.51. The molecular weight excluding hydrogens is 481 g/mol. The standard InChI is InChI=1S/C24H21Cl2N3OS2/c1-15-3-2-4-16(11-15)23-27-18(14-31-23)13-28-7-9-29(10-8-28)24(30)22-21(26)19-6-5-17(25)12-20(19)32-22/h2-6,11-12,14H,7-10,13H2,1H3. The van der Waals surface area contributed by atoms with Gasteiger partial charge in [-0.05, 0) is 25.1 Å². The van der Waals surface area contributed by atoms with E-state index in [0.29, 0.717) is 28.0 Å². The van der Waals surface area contributed by atoms with Gasteiger partial charge in [0.25, 0.3) is 5.91 Å². The Morgan fingerprint density at radius 3 is 2.69 bits per heavy atom. The van der Waals surface area contributed by atoms with Crippen LogP contribution < -0.4 is 0 Å². The monoisotopic (exact) mass is 501 g/mol. The Labute approximate surface area is 205 Å². The van der Waals surface area contributed by atoms with Crippen molar-refractivity contribution in [3.05, 3.63) is 74.0 Å². The number of aryl methyl sites for hydroxylation is 1. The summed E-state index contributed by atoms with van der Waals surface area (Å²) < 4.78 is 0.942. The number of hydrogen-bond acceptors (Lipinski definition) is 5. The molecule has 0 N–H and O–H groups in total. The summed E-state index contributed by atoms with van der Waals surface area (Å²) in [6, 6.07) is 14.0. The lowest BCUT2D eigenvalue weighted by atomic mass is 10.1. The van der Waals surface area contributed by atoms with Crippen LogP contribution in [0.4, 0.5) is 0 Å². The molecule has 0 aliphatic carbocycles. The number of piperazine rings is 1. The molecule has 1 fully saturated rings. The second-order valence-corrected chi connectivity index (χ2v) is 10.7. The zero-order valence-corrected chi connectivity index (χ0v) is 20.6. The number of fused-ring (bicyclic) bond motifs is 1. The molecule has 1 saturated heterocycles. The van der Waals surface area contributed by atoms with Gasteiger partial charge in [-0.3, -0.25) is 9.69 Å². The highest BCUT2D eigenvalue weighted by atomic mass is 35.5. The van der Waals surface area contributed by atoms with Gasteiger partial charge < -0.3 is 4.90 Å². The molecule has 0 radical (unpaired) electrons. The van der Waals surface area contributed by atoms with Crippen LogP contribution in [0.3, 0.4) is 0 Å². The third-order valence-electron chi connectivity index (χ3n) is 5.65. The van der Waals surface area contributed by atoms with E-state index >= 15 is 0 Å². The molecule has 0 bridgehead atoms. The van der Waals surface area contributed by atoms with Gasteiger partial charge in [0.2, 0.25) is 0 Å². The summed E-state index contributed by atoms with van der Waals surface area (Å²) in [4.78, 5) is 22.8. The van der Waals surface area contributed by atoms with Crippen molar-refractivity contribution in [2.75, 3.05) is 26.2 Å². The SMILES string of the molecule is Cc1cccc(-c2nc(CN3CCN(C(=O)c4sc5cc(Cl)ccc5c4Cl)CC3)cs2)c1. The molecule has 0 spiro atoms. The number of carbonyl (C=O) groups is 1. The van der Waals surface area contributed by atoms with Crippen molar-refractivity contribution in [2.24, 2.45) is 0 Å². The Morgan fingerprint density at radius 1 is 1.09 bits per heavy atom. The van der Waals surface area contributed by atoms with E-state index in [1.807, 2.05) is 17.0 Å². The van der Waals surface area contributed by atoms with Crippen LogP contribution in [0.15, 0.2) is 47.8 Å². The quantitative estimate of drug-likeness (QED) is 0.316. The average Bonchev–Trinajstić information content (AvgIpc) is 3.38. The summed E-state index contributed by atoms with van der Waals surface area (Å²) in [7, 11) is 0. The van der Waals surface area contributed by atoms with Crippen LogP contribution in [0.25, 0.3) is 20.7 Å². The van der Waals surface area contributed by atoms with Crippen molar-refractivity contribution in [3.8, 4) is 10.6 Å². The Kier molecular flexibility index (Phi) is 6.23.